The molecule has 0 radical (unpaired) electrons. The molecule has 0 aliphatic rings. The number of allylic oxidation sites excluding steroid dienone is 1. The maximum Gasteiger partial charge on any atom is 0.240 e. The van der Waals surface area contributed by atoms with Gasteiger partial charge in [0.05, 0.1) is 0 Å². The summed E-state index contributed by atoms with van der Waals surface area (Å²) in [4.78, 5) is 23.5. The van der Waals surface area contributed by atoms with Gasteiger partial charge < -0.3 is 5.32 Å². The van der Waals surface area contributed by atoms with E-state index in [9.17, 15) is 9.59 Å². The number of nitrogens with one attached hydrogen (secondary N) is 2. The van der Waals surface area contributed by atoms with Gasteiger partial charge in [-0.25, -0.2) is 5.43 Å². The number of anilines is 1. The van der Waals surface area contributed by atoms with Crippen LogP contribution in [0.4, 0.5) is 5.69 Å². The van der Waals surface area contributed by atoms with Crippen LogP contribution in [0.2, 0.25) is 5.02 Å². The van der Waals surface area contributed by atoms with Gasteiger partial charge in [0.25, 0.3) is 0 Å². The third-order valence-electron chi connectivity index (χ3n) is 3.47. The molecule has 2 N–H and O–H groups in total. The molecular weight excluding hydrogens is 350 g/mol. The average Bonchev–Trinajstić information content (AvgIpc) is 2.64. The van der Waals surface area contributed by atoms with E-state index in [1.165, 1.54) is 6.21 Å². The van der Waals surface area contributed by atoms with Crippen LogP contribution in [0.25, 0.3) is 6.08 Å². The first-order valence-electron chi connectivity index (χ1n) is 8.14. The van der Waals surface area contributed by atoms with Crippen molar-refractivity contribution in [3.8, 4) is 0 Å². The molecule has 2 rings (SSSR count). The normalized spacial score (nSPS) is 11.0. The molecule has 0 aliphatic heterocycles. The fraction of sp³-hybridized carbons (Fsp3) is 0.150. The summed E-state index contributed by atoms with van der Waals surface area (Å²) >= 11 is 6.01. The van der Waals surface area contributed by atoms with Gasteiger partial charge >= 0.3 is 0 Å². The molecule has 2 amide bonds. The number of carbonyl (C=O) groups is 2. The summed E-state index contributed by atoms with van der Waals surface area (Å²) < 4.78 is 0. The average molecular weight is 370 g/mol. The molecular formula is C20H20ClN3O2. The fourth-order valence-corrected chi connectivity index (χ4v) is 2.23. The van der Waals surface area contributed by atoms with Crippen LogP contribution >= 0.6 is 11.6 Å². The van der Waals surface area contributed by atoms with Crippen molar-refractivity contribution in [3.63, 3.8) is 0 Å². The smallest absolute Gasteiger partial charge is 0.240 e. The van der Waals surface area contributed by atoms with E-state index in [2.05, 4.69) is 15.8 Å². The minimum absolute atomic E-state index is 0.0468. The molecule has 6 heteroatoms. The van der Waals surface area contributed by atoms with Crippen molar-refractivity contribution in [2.24, 2.45) is 5.10 Å². The topological polar surface area (TPSA) is 70.6 Å². The van der Waals surface area contributed by atoms with Gasteiger partial charge in [-0.15, -0.1) is 0 Å². The van der Waals surface area contributed by atoms with E-state index in [-0.39, 0.29) is 24.7 Å². The largest absolute Gasteiger partial charge is 0.326 e. The van der Waals surface area contributed by atoms with E-state index in [1.807, 2.05) is 49.4 Å². The number of hydrazone groups is 1. The molecule has 2 aromatic carbocycles. The quantitative estimate of drug-likeness (QED) is 0.567. The molecule has 26 heavy (non-hydrogen) atoms. The lowest BCUT2D eigenvalue weighted by Crippen LogP contribution is -2.20. The maximum atomic E-state index is 11.9. The molecule has 134 valence electrons. The second-order valence-corrected chi connectivity index (χ2v) is 6.00. The van der Waals surface area contributed by atoms with Crippen molar-refractivity contribution in [2.75, 3.05) is 5.32 Å². The predicted molar refractivity (Wildman–Crippen MR) is 106 cm³/mol. The van der Waals surface area contributed by atoms with Gasteiger partial charge in [-0.05, 0) is 36.3 Å². The molecule has 0 atom stereocenters. The summed E-state index contributed by atoms with van der Waals surface area (Å²) in [6.07, 6.45) is 5.19. The van der Waals surface area contributed by atoms with Crippen LogP contribution in [0.5, 0.6) is 0 Å². The molecule has 0 bridgehead atoms. The number of carbonyl (C=O) groups excluding carboxylic acids is 2. The highest BCUT2D eigenvalue weighted by molar-refractivity contribution is 6.31. The van der Waals surface area contributed by atoms with Crippen LogP contribution in [-0.2, 0) is 9.59 Å². The summed E-state index contributed by atoms with van der Waals surface area (Å²) in [5, 5.41) is 7.10. The summed E-state index contributed by atoms with van der Waals surface area (Å²) in [6.45, 7) is 1.88. The van der Waals surface area contributed by atoms with Crippen LogP contribution in [0.3, 0.4) is 0 Å². The van der Waals surface area contributed by atoms with E-state index in [1.54, 1.807) is 18.2 Å². The second kappa shape index (κ2) is 10.2. The van der Waals surface area contributed by atoms with Gasteiger partial charge in [-0.2, -0.15) is 5.10 Å². The lowest BCUT2D eigenvalue weighted by atomic mass is 10.2. The number of nitrogens with zero attached hydrogens (tertiary/aromatic N) is 1. The summed E-state index contributed by atoms with van der Waals surface area (Å²) in [5.41, 5.74) is 4.96. The Labute approximate surface area is 157 Å². The predicted octanol–water partition coefficient (Wildman–Crippen LogP) is 4.18. The molecule has 2 aromatic rings. The molecule has 0 spiro atoms. The van der Waals surface area contributed by atoms with Gasteiger partial charge in [0.1, 0.15) is 0 Å². The Kier molecular flexibility index (Phi) is 7.58. The molecule has 5 nitrogen and oxygen atoms in total. The summed E-state index contributed by atoms with van der Waals surface area (Å²) in [5.74, 6) is -0.584. The molecule has 0 aromatic heterocycles. The first kappa shape index (κ1) is 19.4. The Morgan fingerprint density at radius 3 is 2.54 bits per heavy atom. The zero-order chi connectivity index (χ0) is 18.8. The Morgan fingerprint density at radius 1 is 1.08 bits per heavy atom. The van der Waals surface area contributed by atoms with Crippen molar-refractivity contribution in [3.05, 3.63) is 70.8 Å². The van der Waals surface area contributed by atoms with Gasteiger partial charge in [0.2, 0.25) is 11.8 Å². The van der Waals surface area contributed by atoms with Crippen molar-refractivity contribution in [1.29, 1.82) is 0 Å². The van der Waals surface area contributed by atoms with Gasteiger partial charge in [0.15, 0.2) is 0 Å². The highest BCUT2D eigenvalue weighted by Gasteiger charge is 2.07. The number of aryl methyl sites for hydroxylation is 1. The van der Waals surface area contributed by atoms with Crippen LogP contribution in [-0.4, -0.2) is 18.0 Å². The molecule has 0 unspecified atom stereocenters. The van der Waals surface area contributed by atoms with Crippen LogP contribution in [0.15, 0.2) is 59.7 Å². The molecule has 0 fully saturated rings. The van der Waals surface area contributed by atoms with Crippen molar-refractivity contribution < 1.29 is 9.59 Å². The lowest BCUT2D eigenvalue weighted by Gasteiger charge is -2.06. The number of hydrogen-bond acceptors (Lipinski definition) is 3. The van der Waals surface area contributed by atoms with Crippen molar-refractivity contribution in [1.82, 2.24) is 5.43 Å². The Bertz CT molecular complexity index is 817. The first-order chi connectivity index (χ1) is 12.5. The van der Waals surface area contributed by atoms with Crippen molar-refractivity contribution in [2.45, 2.75) is 19.8 Å². The fourth-order valence-electron chi connectivity index (χ4n) is 2.05. The highest BCUT2D eigenvalue weighted by atomic mass is 35.5. The van der Waals surface area contributed by atoms with Gasteiger partial charge in [-0.3, -0.25) is 9.59 Å². The van der Waals surface area contributed by atoms with Crippen LogP contribution in [0, 0.1) is 6.92 Å². The first-order valence-corrected chi connectivity index (χ1v) is 8.52. The van der Waals surface area contributed by atoms with E-state index >= 15 is 0 Å². The monoisotopic (exact) mass is 369 g/mol. The van der Waals surface area contributed by atoms with E-state index in [0.29, 0.717) is 10.7 Å². The van der Waals surface area contributed by atoms with Crippen molar-refractivity contribution >= 4 is 41.4 Å². The number of hydrogen-bond donors (Lipinski definition) is 2. The molecule has 0 aliphatic carbocycles. The Balaban J connectivity index is 1.69. The summed E-state index contributed by atoms with van der Waals surface area (Å²) in [7, 11) is 0. The Morgan fingerprint density at radius 2 is 1.81 bits per heavy atom. The molecule has 0 saturated carbocycles. The highest BCUT2D eigenvalue weighted by Crippen LogP contribution is 2.20. The second-order valence-electron chi connectivity index (χ2n) is 5.60. The number of benzene rings is 2. The van der Waals surface area contributed by atoms with E-state index < -0.39 is 0 Å². The zero-order valence-corrected chi connectivity index (χ0v) is 15.2. The number of amides is 2. The number of halogens is 1. The zero-order valence-electron chi connectivity index (χ0n) is 14.4. The minimum Gasteiger partial charge on any atom is -0.326 e. The van der Waals surface area contributed by atoms with Gasteiger partial charge in [-0.1, -0.05) is 54.1 Å². The maximum absolute atomic E-state index is 11.9. The Hall–Kier alpha value is -2.92. The minimum atomic E-state index is -0.327. The third kappa shape index (κ3) is 6.91. The van der Waals surface area contributed by atoms with Crippen LogP contribution < -0.4 is 10.7 Å². The summed E-state index contributed by atoms with van der Waals surface area (Å²) in [6, 6.07) is 15.0. The third-order valence-corrected chi connectivity index (χ3v) is 3.88. The number of rotatable bonds is 7. The van der Waals surface area contributed by atoms with Gasteiger partial charge in [0, 0.05) is 29.8 Å². The van der Waals surface area contributed by atoms with E-state index in [4.69, 9.17) is 11.6 Å². The molecule has 0 saturated heterocycles. The molecule has 0 heterocycles. The standard InChI is InChI=1S/C20H20ClN3O2/c1-15-9-10-17(14-18(15)21)23-19(25)11-12-20(26)24-22-13-5-8-16-6-3-2-4-7-16/h2-10,13-14H,11-12H2,1H3,(H,23,25)(H,24,26). The lowest BCUT2D eigenvalue weighted by molar-refractivity contribution is -0.124. The van der Waals surface area contributed by atoms with Crippen LogP contribution in [0.1, 0.15) is 24.0 Å². The SMILES string of the molecule is Cc1ccc(NC(=O)CCC(=O)NN=CC=Cc2ccccc2)cc1Cl. The van der Waals surface area contributed by atoms with E-state index in [0.717, 1.165) is 11.1 Å².